The van der Waals surface area contributed by atoms with Crippen LogP contribution in [0.5, 0.6) is 0 Å². The number of nitrogens with one attached hydrogen (secondary N) is 1. The Labute approximate surface area is 291 Å². The van der Waals surface area contributed by atoms with Gasteiger partial charge >= 0.3 is 6.72 Å². The minimum absolute atomic E-state index is 0. The molecule has 10 atom stereocenters. The molecule has 0 spiro atoms. The normalized spacial score (nSPS) is 32.3. The standard InChI is InChI=1S/C22H24FN8O10P2S2.U/c23-9-2-30(18-12(9)20(34)28-6-26-18)21-10(32)1-8(39-21)3-38-43(36,45)41-22-14(16(22)40-11(15(22)33)4-37-42(35)44)31-7-29-13-17(24)25-5-27-19(13)31;/h1-2,5-8,10-11,14-16,21,32-33,42H,3-4H2,(H,35,44)(H,36,45)(H2,24,25,27)(H,26,28,34);/q-1;/t8-,10+,11+,14?,15+,16-,21+,22-,43?;/m0./s1. The van der Waals surface area contributed by atoms with E-state index in [1.54, 1.807) is 4.57 Å². The maximum absolute atomic E-state index is 14.5. The molecule has 18 nitrogen and oxygen atoms in total. The summed E-state index contributed by atoms with van der Waals surface area (Å²) in [5.74, 6) is -0.732. The van der Waals surface area contributed by atoms with Crippen molar-refractivity contribution in [1.29, 1.82) is 0 Å². The molecule has 3 fully saturated rings. The second kappa shape index (κ2) is 12.9. The number of aliphatic hydroxyl groups excluding tert-OH is 2. The molecule has 2 aliphatic heterocycles. The fourth-order valence-corrected chi connectivity index (χ4v) is 8.06. The van der Waals surface area contributed by atoms with Gasteiger partial charge in [-0.3, -0.25) is 15.7 Å². The van der Waals surface area contributed by atoms with Gasteiger partial charge in [-0.1, -0.05) is 0 Å². The molecule has 0 bridgehead atoms. The Morgan fingerprint density at radius 3 is 2.76 bits per heavy atom. The van der Waals surface area contributed by atoms with E-state index in [1.807, 2.05) is 0 Å². The molecule has 2 saturated heterocycles. The van der Waals surface area contributed by atoms with Gasteiger partial charge in [0.25, 0.3) is 5.56 Å². The number of anilines is 1. The third kappa shape index (κ3) is 5.84. The fraction of sp³-hybridized carbons (Fsp3) is 0.455. The SMILES string of the molecule is Nc1ncnc2c1ncn2C1[C@@H]2O[C@H](CO[PH](O)=S)[C@@H](O)[C@@]12OP(O)(=S)OC[C@@H]1[CH-][C@@H](O)[C@H](n2cc(F)c3c(=O)[nH]cnc32)O1.[U]. The van der Waals surface area contributed by atoms with E-state index < -0.39 is 80.2 Å². The first-order chi connectivity index (χ1) is 21.4. The molecule has 1 saturated carbocycles. The summed E-state index contributed by atoms with van der Waals surface area (Å²) in [5.41, 5.74) is 4.12. The van der Waals surface area contributed by atoms with Gasteiger partial charge in [0.1, 0.15) is 47.8 Å². The quantitative estimate of drug-likeness (QED) is 0.0819. The number of H-pyrrole nitrogens is 1. The van der Waals surface area contributed by atoms with Crippen LogP contribution in [0.3, 0.4) is 0 Å². The van der Waals surface area contributed by atoms with Crippen molar-refractivity contribution in [3.63, 3.8) is 0 Å². The van der Waals surface area contributed by atoms with E-state index in [9.17, 15) is 29.2 Å². The average molecular weight is 944 g/mol. The Morgan fingerprint density at radius 2 is 2.00 bits per heavy atom. The maximum atomic E-state index is 14.5. The Kier molecular flexibility index (Phi) is 9.66. The van der Waals surface area contributed by atoms with Crippen molar-refractivity contribution in [3.8, 4) is 0 Å². The van der Waals surface area contributed by atoms with E-state index in [2.05, 4.69) is 24.9 Å². The van der Waals surface area contributed by atoms with Gasteiger partial charge in [0.15, 0.2) is 35.7 Å². The summed E-state index contributed by atoms with van der Waals surface area (Å²) < 4.78 is 45.7. The van der Waals surface area contributed by atoms with E-state index in [0.717, 1.165) is 12.5 Å². The summed E-state index contributed by atoms with van der Waals surface area (Å²) in [6.45, 7) is -4.85. The first-order valence-electron chi connectivity index (χ1n) is 13.1. The van der Waals surface area contributed by atoms with E-state index in [-0.39, 0.29) is 54.6 Å². The fourth-order valence-electron chi connectivity index (χ4n) is 5.88. The Bertz CT molecular complexity index is 1940. The first kappa shape index (κ1) is 34.6. The van der Waals surface area contributed by atoms with Crippen LogP contribution in [0.2, 0.25) is 0 Å². The molecule has 7 rings (SSSR count). The van der Waals surface area contributed by atoms with Crippen LogP contribution >= 0.6 is 13.9 Å². The molecule has 4 aromatic rings. The van der Waals surface area contributed by atoms with Crippen molar-refractivity contribution in [1.82, 2.24) is 34.1 Å². The number of hydrogen-bond donors (Lipinski definition) is 6. The molecule has 46 heavy (non-hydrogen) atoms. The number of imidazole rings is 1. The number of fused-ring (bicyclic) bond motifs is 3. The molecular weight excluding hydrogens is 919 g/mol. The number of nitrogens with two attached hydrogens (primary N) is 1. The minimum atomic E-state index is -4.19. The maximum Gasteiger partial charge on any atom is 0.325 e. The van der Waals surface area contributed by atoms with Crippen LogP contribution in [0.15, 0.2) is 30.0 Å². The van der Waals surface area contributed by atoms with E-state index in [4.69, 9.17) is 52.4 Å². The number of rotatable bonds is 10. The van der Waals surface area contributed by atoms with Crippen molar-refractivity contribution < 1.29 is 78.5 Å². The summed E-state index contributed by atoms with van der Waals surface area (Å²) in [7, 11) is -2.51. The van der Waals surface area contributed by atoms with Crippen molar-refractivity contribution in [2.45, 2.75) is 48.4 Å². The molecular formula is C22H24FN8O10P2S2U-. The smallest absolute Gasteiger partial charge is 0.325 e. The van der Waals surface area contributed by atoms with Crippen molar-refractivity contribution >= 4 is 65.5 Å². The van der Waals surface area contributed by atoms with Crippen LogP contribution < -0.4 is 11.3 Å². The van der Waals surface area contributed by atoms with Crippen LogP contribution in [0, 0.1) is 43.4 Å². The number of hydrogen-bond acceptors (Lipinski definition) is 15. The van der Waals surface area contributed by atoms with Crippen molar-refractivity contribution in [2.75, 3.05) is 18.9 Å². The van der Waals surface area contributed by atoms with E-state index >= 15 is 0 Å². The average Bonchev–Trinajstić information content (AvgIpc) is 3.43. The summed E-state index contributed by atoms with van der Waals surface area (Å²) >= 11 is 10.0. The molecule has 24 heteroatoms. The number of aromatic amines is 1. The van der Waals surface area contributed by atoms with Gasteiger partial charge < -0.3 is 58.4 Å². The minimum Gasteiger partial charge on any atom is -0.420 e. The predicted octanol–water partition coefficient (Wildman–Crippen LogP) is -1.06. The number of nitrogens with zero attached hydrogens (tertiary/aromatic N) is 6. The third-order valence-electron chi connectivity index (χ3n) is 7.82. The topological polar surface area (TPSA) is 247 Å². The molecule has 4 aromatic heterocycles. The van der Waals surface area contributed by atoms with Crippen LogP contribution in [0.4, 0.5) is 10.2 Å². The number of aromatic nitrogens is 7. The molecule has 246 valence electrons. The van der Waals surface area contributed by atoms with Gasteiger partial charge in [-0.2, -0.15) is 0 Å². The molecule has 0 amide bonds. The molecule has 0 radical (unpaired) electrons. The summed E-state index contributed by atoms with van der Waals surface area (Å²) in [6.07, 6.45) is -0.680. The molecule has 1 aliphatic carbocycles. The van der Waals surface area contributed by atoms with Gasteiger partial charge in [0, 0.05) is 37.3 Å². The van der Waals surface area contributed by atoms with Gasteiger partial charge in [-0.05, 0) is 35.8 Å². The van der Waals surface area contributed by atoms with E-state index in [0.29, 0.717) is 11.2 Å². The van der Waals surface area contributed by atoms with Crippen molar-refractivity contribution in [2.24, 2.45) is 0 Å². The molecule has 3 unspecified atom stereocenters. The first-order valence-corrected chi connectivity index (χ1v) is 18.2. The van der Waals surface area contributed by atoms with Gasteiger partial charge in [0.2, 0.25) is 0 Å². The van der Waals surface area contributed by atoms with Crippen LogP contribution in [-0.2, 0) is 46.7 Å². The zero-order chi connectivity index (χ0) is 31.8. The molecule has 6 heterocycles. The zero-order valence-corrected chi connectivity index (χ0v) is 30.7. The Balaban J connectivity index is 0.00000372. The van der Waals surface area contributed by atoms with Crippen molar-refractivity contribution in [3.05, 3.63) is 47.8 Å². The predicted molar refractivity (Wildman–Crippen MR) is 158 cm³/mol. The summed E-state index contributed by atoms with van der Waals surface area (Å²) in [6, 6.07) is -0.795. The van der Waals surface area contributed by atoms with Gasteiger partial charge in [-0.25, -0.2) is 24.3 Å². The zero-order valence-electron chi connectivity index (χ0n) is 23.0. The second-order valence-corrected chi connectivity index (χ2v) is 15.0. The second-order valence-electron chi connectivity index (χ2n) is 10.4. The number of ether oxygens (including phenoxy) is 2. The van der Waals surface area contributed by atoms with Gasteiger partial charge in [0.05, 0.1) is 25.9 Å². The van der Waals surface area contributed by atoms with Crippen LogP contribution in [0.25, 0.3) is 22.2 Å². The van der Waals surface area contributed by atoms with Gasteiger partial charge in [-0.15, -0.1) is 0 Å². The Morgan fingerprint density at radius 1 is 1.22 bits per heavy atom. The number of nitrogen functional groups attached to an aromatic ring is 1. The molecule has 0 aromatic carbocycles. The largest absolute Gasteiger partial charge is 0.420 e. The third-order valence-corrected chi connectivity index (χ3v) is 10.1. The Hall–Kier alpha value is -1.31. The summed E-state index contributed by atoms with van der Waals surface area (Å²) in [5, 5.41) is 21.7. The number of halogens is 1. The monoisotopic (exact) mass is 943 g/mol. The summed E-state index contributed by atoms with van der Waals surface area (Å²) in [4.78, 5) is 51.3. The van der Waals surface area contributed by atoms with E-state index in [1.165, 1.54) is 23.6 Å². The molecule has 3 aliphatic rings. The molecule has 7 N–H and O–H groups in total. The van der Waals surface area contributed by atoms with Crippen LogP contribution in [0.1, 0.15) is 12.3 Å². The number of aliphatic hydroxyl groups is 2. The van der Waals surface area contributed by atoms with Crippen LogP contribution in [-0.4, -0.2) is 103 Å².